The number of hydrogen-bond acceptors (Lipinski definition) is 4. The lowest BCUT2D eigenvalue weighted by Crippen LogP contribution is -2.33. The molecule has 0 aromatic carbocycles. The van der Waals surface area contributed by atoms with Gasteiger partial charge in [-0.2, -0.15) is 0 Å². The van der Waals surface area contributed by atoms with Gasteiger partial charge in [0.25, 0.3) is 5.91 Å². The molecule has 5 nitrogen and oxygen atoms in total. The minimum Gasteiger partial charge on any atom is -0.340 e. The van der Waals surface area contributed by atoms with E-state index >= 15 is 0 Å². The number of aromatic nitrogens is 2. The Balaban J connectivity index is 1.94. The average molecular weight is 269 g/mol. The summed E-state index contributed by atoms with van der Waals surface area (Å²) in [6, 6.07) is 0. The van der Waals surface area contributed by atoms with Crippen molar-refractivity contribution < 1.29 is 4.79 Å². The van der Waals surface area contributed by atoms with E-state index in [2.05, 4.69) is 21.9 Å². The average Bonchev–Trinajstić information content (AvgIpc) is 2.75. The molecule has 1 saturated heterocycles. The normalized spacial score (nSPS) is 20.1. The van der Waals surface area contributed by atoms with Gasteiger partial charge in [0.2, 0.25) is 0 Å². The molecule has 1 amide bonds. The van der Waals surface area contributed by atoms with Crippen molar-refractivity contribution in [2.75, 3.05) is 33.7 Å². The molecule has 2 rings (SSSR count). The Morgan fingerprint density at radius 1 is 1.56 bits per heavy atom. The lowest BCUT2D eigenvalue weighted by atomic mass is 10.1. The standard InChI is InChI=1S/C12H17ClN4O/c1-16-4-3-9(7-16)8-17(2)12(18)10-5-15-11(13)6-14-10/h5-6,9H,3-4,7-8H2,1-2H3. The van der Waals surface area contributed by atoms with Gasteiger partial charge in [-0.05, 0) is 25.9 Å². The minimum absolute atomic E-state index is 0.103. The monoisotopic (exact) mass is 268 g/mol. The summed E-state index contributed by atoms with van der Waals surface area (Å²) in [5.74, 6) is 0.443. The van der Waals surface area contributed by atoms with Gasteiger partial charge in [0.15, 0.2) is 0 Å². The highest BCUT2D eigenvalue weighted by Crippen LogP contribution is 2.16. The van der Waals surface area contributed by atoms with E-state index < -0.39 is 0 Å². The molecule has 0 saturated carbocycles. The zero-order valence-electron chi connectivity index (χ0n) is 10.6. The van der Waals surface area contributed by atoms with Crippen molar-refractivity contribution in [2.24, 2.45) is 5.92 Å². The third kappa shape index (κ3) is 3.17. The Hall–Kier alpha value is -1.20. The molecule has 0 radical (unpaired) electrons. The summed E-state index contributed by atoms with van der Waals surface area (Å²) < 4.78 is 0. The largest absolute Gasteiger partial charge is 0.340 e. The molecule has 1 unspecified atom stereocenters. The van der Waals surface area contributed by atoms with Gasteiger partial charge in [0, 0.05) is 20.1 Å². The molecule has 1 aliphatic rings. The van der Waals surface area contributed by atoms with Gasteiger partial charge in [-0.15, -0.1) is 0 Å². The van der Waals surface area contributed by atoms with Crippen LogP contribution in [0.2, 0.25) is 5.15 Å². The van der Waals surface area contributed by atoms with E-state index in [1.807, 2.05) is 0 Å². The molecular formula is C12H17ClN4O. The molecule has 1 aromatic rings. The van der Waals surface area contributed by atoms with Crippen LogP contribution < -0.4 is 0 Å². The van der Waals surface area contributed by atoms with Gasteiger partial charge >= 0.3 is 0 Å². The van der Waals surface area contributed by atoms with Crippen LogP contribution in [0.3, 0.4) is 0 Å². The van der Waals surface area contributed by atoms with Crippen molar-refractivity contribution in [1.82, 2.24) is 19.8 Å². The zero-order valence-corrected chi connectivity index (χ0v) is 11.4. The summed E-state index contributed by atoms with van der Waals surface area (Å²) in [7, 11) is 3.91. The summed E-state index contributed by atoms with van der Waals surface area (Å²) in [5.41, 5.74) is 0.341. The van der Waals surface area contributed by atoms with Crippen molar-refractivity contribution in [3.05, 3.63) is 23.2 Å². The van der Waals surface area contributed by atoms with Crippen LogP contribution in [0.5, 0.6) is 0 Å². The topological polar surface area (TPSA) is 49.3 Å². The predicted molar refractivity (Wildman–Crippen MR) is 69.6 cm³/mol. The molecule has 6 heteroatoms. The second-order valence-corrected chi connectivity index (χ2v) is 5.21. The molecular weight excluding hydrogens is 252 g/mol. The number of amides is 1. The number of rotatable bonds is 3. The molecule has 0 bridgehead atoms. The minimum atomic E-state index is -0.103. The Morgan fingerprint density at radius 2 is 2.33 bits per heavy atom. The maximum absolute atomic E-state index is 12.1. The first-order valence-corrected chi connectivity index (χ1v) is 6.35. The SMILES string of the molecule is CN1CCC(CN(C)C(=O)c2cnc(Cl)cn2)C1. The van der Waals surface area contributed by atoms with E-state index in [1.165, 1.54) is 12.4 Å². The van der Waals surface area contributed by atoms with Crippen LogP contribution in [0.1, 0.15) is 16.9 Å². The Bertz CT molecular complexity index is 423. The lowest BCUT2D eigenvalue weighted by Gasteiger charge is -2.20. The van der Waals surface area contributed by atoms with Gasteiger partial charge in [-0.3, -0.25) is 4.79 Å². The lowest BCUT2D eigenvalue weighted by molar-refractivity contribution is 0.0767. The fourth-order valence-corrected chi connectivity index (χ4v) is 2.36. The van der Waals surface area contributed by atoms with Crippen LogP contribution >= 0.6 is 11.6 Å². The number of hydrogen-bond donors (Lipinski definition) is 0. The highest BCUT2D eigenvalue weighted by atomic mass is 35.5. The van der Waals surface area contributed by atoms with Crippen molar-refractivity contribution in [3.63, 3.8) is 0 Å². The molecule has 1 fully saturated rings. The quantitative estimate of drug-likeness (QED) is 0.825. The fourth-order valence-electron chi connectivity index (χ4n) is 2.26. The summed E-state index contributed by atoms with van der Waals surface area (Å²) in [6.45, 7) is 2.91. The van der Waals surface area contributed by atoms with Crippen LogP contribution in [0, 0.1) is 5.92 Å². The summed E-state index contributed by atoms with van der Waals surface area (Å²) in [4.78, 5) is 24.0. The highest BCUT2D eigenvalue weighted by molar-refractivity contribution is 6.29. The number of halogens is 1. The summed E-state index contributed by atoms with van der Waals surface area (Å²) in [6.07, 6.45) is 3.95. The van der Waals surface area contributed by atoms with Crippen molar-refractivity contribution in [3.8, 4) is 0 Å². The Labute approximate surface area is 112 Å². The summed E-state index contributed by atoms with van der Waals surface area (Å²) in [5, 5.41) is 0.298. The van der Waals surface area contributed by atoms with Gasteiger partial charge in [-0.25, -0.2) is 9.97 Å². The maximum Gasteiger partial charge on any atom is 0.273 e. The number of likely N-dealkylation sites (tertiary alicyclic amines) is 1. The molecule has 0 N–H and O–H groups in total. The zero-order chi connectivity index (χ0) is 13.1. The fraction of sp³-hybridized carbons (Fsp3) is 0.583. The van der Waals surface area contributed by atoms with E-state index in [1.54, 1.807) is 11.9 Å². The smallest absolute Gasteiger partial charge is 0.273 e. The van der Waals surface area contributed by atoms with Crippen LogP contribution in [0.4, 0.5) is 0 Å². The van der Waals surface area contributed by atoms with Crippen LogP contribution in [0.15, 0.2) is 12.4 Å². The van der Waals surface area contributed by atoms with Crippen molar-refractivity contribution >= 4 is 17.5 Å². The molecule has 1 aromatic heterocycles. The van der Waals surface area contributed by atoms with E-state index in [-0.39, 0.29) is 5.91 Å². The first-order chi connectivity index (χ1) is 8.56. The van der Waals surface area contributed by atoms with Crippen LogP contribution in [0.25, 0.3) is 0 Å². The molecule has 18 heavy (non-hydrogen) atoms. The Morgan fingerprint density at radius 3 is 2.89 bits per heavy atom. The summed E-state index contributed by atoms with van der Waals surface area (Å²) >= 11 is 5.65. The van der Waals surface area contributed by atoms with E-state index in [9.17, 15) is 4.79 Å². The van der Waals surface area contributed by atoms with Crippen LogP contribution in [-0.2, 0) is 0 Å². The van der Waals surface area contributed by atoms with Gasteiger partial charge < -0.3 is 9.80 Å². The van der Waals surface area contributed by atoms with Crippen molar-refractivity contribution in [1.29, 1.82) is 0 Å². The maximum atomic E-state index is 12.1. The van der Waals surface area contributed by atoms with Gasteiger partial charge in [0.05, 0.1) is 12.4 Å². The van der Waals surface area contributed by atoms with E-state index in [0.717, 1.165) is 26.1 Å². The Kier molecular flexibility index (Phi) is 4.14. The molecule has 0 spiro atoms. The van der Waals surface area contributed by atoms with Gasteiger partial charge in [0.1, 0.15) is 10.8 Å². The van der Waals surface area contributed by atoms with E-state index in [4.69, 9.17) is 11.6 Å². The molecule has 0 aliphatic carbocycles. The third-order valence-electron chi connectivity index (χ3n) is 3.21. The van der Waals surface area contributed by atoms with Crippen molar-refractivity contribution in [2.45, 2.75) is 6.42 Å². The molecule has 1 atom stereocenters. The second-order valence-electron chi connectivity index (χ2n) is 4.83. The first-order valence-electron chi connectivity index (χ1n) is 5.98. The molecule has 98 valence electrons. The number of carbonyl (C=O) groups is 1. The number of nitrogens with zero attached hydrogens (tertiary/aromatic N) is 4. The predicted octanol–water partition coefficient (Wildman–Crippen LogP) is 1.15. The second kappa shape index (κ2) is 5.63. The van der Waals surface area contributed by atoms with Crippen LogP contribution in [-0.4, -0.2) is 59.4 Å². The molecule has 2 heterocycles. The highest BCUT2D eigenvalue weighted by Gasteiger charge is 2.23. The first kappa shape index (κ1) is 13.2. The van der Waals surface area contributed by atoms with E-state index in [0.29, 0.717) is 16.8 Å². The third-order valence-corrected chi connectivity index (χ3v) is 3.40. The van der Waals surface area contributed by atoms with Gasteiger partial charge in [-0.1, -0.05) is 11.6 Å². The molecule has 1 aliphatic heterocycles. The number of carbonyl (C=O) groups excluding carboxylic acids is 1.